The van der Waals surface area contributed by atoms with Crippen molar-refractivity contribution in [3.63, 3.8) is 0 Å². The second-order valence-corrected chi connectivity index (χ2v) is 14.3. The molecule has 0 bridgehead atoms. The van der Waals surface area contributed by atoms with Gasteiger partial charge >= 0.3 is 0 Å². The molecule has 0 fully saturated rings. The first-order valence-corrected chi connectivity index (χ1v) is 14.6. The van der Waals surface area contributed by atoms with Crippen molar-refractivity contribution in [2.75, 3.05) is 5.84 Å². The molecule has 148 valence electrons. The Bertz CT molecular complexity index is 1880. The predicted molar refractivity (Wildman–Crippen MR) is 137 cm³/mol. The van der Waals surface area contributed by atoms with Gasteiger partial charge in [-0.25, -0.2) is 0 Å². The van der Waals surface area contributed by atoms with Crippen LogP contribution < -0.4 is 16.3 Å². The monoisotopic (exact) mass is 433 g/mol. The smallest absolute Gasteiger partial charge is 0.134 e. The van der Waals surface area contributed by atoms with Crippen LogP contribution in [0.2, 0.25) is 13.1 Å². The molecule has 3 aromatic carbocycles. The Balaban J connectivity index is 1.83. The van der Waals surface area contributed by atoms with Crippen LogP contribution in [0, 0.1) is 0 Å². The predicted octanol–water partition coefficient (Wildman–Crippen LogP) is 5.37. The van der Waals surface area contributed by atoms with E-state index in [-0.39, 0.29) is 0 Å². The second-order valence-electron chi connectivity index (χ2n) is 9.33. The molecule has 0 saturated carbocycles. The Hall–Kier alpha value is -3.28. The molecule has 31 heavy (non-hydrogen) atoms. The van der Waals surface area contributed by atoms with Crippen molar-refractivity contribution >= 4 is 78.9 Å². The molecule has 0 amide bonds. The minimum absolute atomic E-state index is 1.10. The lowest BCUT2D eigenvalue weighted by Crippen LogP contribution is -2.51. The number of hydrogen-bond donors (Lipinski definition) is 1. The molecule has 7 aromatic rings. The van der Waals surface area contributed by atoms with Crippen molar-refractivity contribution in [3.8, 4) is 11.1 Å². The number of nitrogen functional groups attached to an aromatic ring is 1. The number of fused-ring (bicyclic) bond motifs is 8. The molecule has 5 heteroatoms. The summed E-state index contributed by atoms with van der Waals surface area (Å²) in [7, 11) is -1.88. The lowest BCUT2D eigenvalue weighted by Gasteiger charge is -2.19. The molecule has 0 atom stereocenters. The average molecular weight is 434 g/mol. The van der Waals surface area contributed by atoms with Gasteiger partial charge < -0.3 is 10.2 Å². The van der Waals surface area contributed by atoms with Gasteiger partial charge in [-0.05, 0) is 28.3 Å². The molecule has 0 unspecified atom stereocenters. The molecule has 3 nitrogen and oxygen atoms in total. The molecular weight excluding hydrogens is 414 g/mol. The number of thiophene rings is 1. The number of aromatic nitrogens is 2. The molecule has 0 spiro atoms. The van der Waals surface area contributed by atoms with Gasteiger partial charge in [0.15, 0.2) is 0 Å². The largest absolute Gasteiger partial charge is 0.339 e. The first-order valence-electron chi connectivity index (χ1n) is 10.7. The van der Waals surface area contributed by atoms with Crippen LogP contribution in [0.3, 0.4) is 0 Å². The first kappa shape index (κ1) is 16.4. The Morgan fingerprint density at radius 2 is 1.61 bits per heavy atom. The molecule has 0 aliphatic carbocycles. The zero-order valence-electron chi connectivity index (χ0n) is 17.2. The first-order chi connectivity index (χ1) is 15.1. The standard InChI is InChI=1S/C26H19N3SSi/c1-31(2)21-9-4-3-6-15(21)22-16-10-11-19-24-23-14(7-5-8-18(23)29(19)27)17-12-30-13-20(17)28(25(16)24)26(22)31/h3-13H,27H2,1-2H3. The Kier molecular flexibility index (Phi) is 2.62. The molecule has 4 aromatic heterocycles. The highest BCUT2D eigenvalue weighted by Gasteiger charge is 2.42. The van der Waals surface area contributed by atoms with E-state index >= 15 is 0 Å². The third-order valence-corrected chi connectivity index (χ3v) is 11.7. The number of rotatable bonds is 0. The molecule has 8 rings (SSSR count). The quantitative estimate of drug-likeness (QED) is 0.253. The summed E-state index contributed by atoms with van der Waals surface area (Å²) in [4.78, 5) is 0. The van der Waals surface area contributed by atoms with Gasteiger partial charge in [0.2, 0.25) is 0 Å². The third kappa shape index (κ3) is 1.61. The normalized spacial score (nSPS) is 15.2. The molecule has 0 saturated heterocycles. The minimum atomic E-state index is -1.88. The number of benzene rings is 3. The fourth-order valence-electron chi connectivity index (χ4n) is 6.31. The Morgan fingerprint density at radius 1 is 0.774 bits per heavy atom. The average Bonchev–Trinajstić information content (AvgIpc) is 3.49. The van der Waals surface area contributed by atoms with Crippen LogP contribution in [0.15, 0.2) is 65.4 Å². The van der Waals surface area contributed by atoms with Crippen LogP contribution in [0.4, 0.5) is 0 Å². The highest BCUT2D eigenvalue weighted by Crippen LogP contribution is 2.45. The van der Waals surface area contributed by atoms with Crippen LogP contribution in [0.5, 0.6) is 0 Å². The van der Waals surface area contributed by atoms with E-state index in [0.717, 1.165) is 11.0 Å². The summed E-state index contributed by atoms with van der Waals surface area (Å²) < 4.78 is 4.49. The SMILES string of the molecule is C[Si]1(C)c2ccccc2-c2c1n1c3cscc3c3cccc4c3c3c(ccc2c31)n4N. The van der Waals surface area contributed by atoms with Gasteiger partial charge in [-0.2, -0.15) is 0 Å². The van der Waals surface area contributed by atoms with E-state index < -0.39 is 8.07 Å². The van der Waals surface area contributed by atoms with Gasteiger partial charge in [-0.1, -0.05) is 55.6 Å². The highest BCUT2D eigenvalue weighted by atomic mass is 32.1. The molecule has 2 N–H and O–H groups in total. The van der Waals surface area contributed by atoms with Gasteiger partial charge in [0.05, 0.1) is 22.1 Å². The summed E-state index contributed by atoms with van der Waals surface area (Å²) in [5.74, 6) is 6.64. The van der Waals surface area contributed by atoms with Gasteiger partial charge in [-0.15, -0.1) is 11.3 Å². The lowest BCUT2D eigenvalue weighted by molar-refractivity contribution is 1.12. The van der Waals surface area contributed by atoms with E-state index in [1.54, 1.807) is 16.5 Å². The minimum Gasteiger partial charge on any atom is -0.339 e. The molecule has 1 aliphatic rings. The fourth-order valence-corrected chi connectivity index (χ4v) is 10.5. The topological polar surface area (TPSA) is 35.4 Å². The summed E-state index contributed by atoms with van der Waals surface area (Å²) in [5, 5.41) is 14.3. The highest BCUT2D eigenvalue weighted by molar-refractivity contribution is 7.09. The van der Waals surface area contributed by atoms with Gasteiger partial charge in [0.1, 0.15) is 8.07 Å². The van der Waals surface area contributed by atoms with Crippen molar-refractivity contribution in [2.24, 2.45) is 0 Å². The van der Waals surface area contributed by atoms with Crippen molar-refractivity contribution < 1.29 is 0 Å². The van der Waals surface area contributed by atoms with Crippen molar-refractivity contribution in [1.82, 2.24) is 9.08 Å². The van der Waals surface area contributed by atoms with E-state index in [9.17, 15) is 0 Å². The van der Waals surface area contributed by atoms with Crippen LogP contribution in [-0.2, 0) is 0 Å². The maximum absolute atomic E-state index is 6.64. The van der Waals surface area contributed by atoms with E-state index in [4.69, 9.17) is 5.84 Å². The number of hydrogen-bond acceptors (Lipinski definition) is 2. The summed E-state index contributed by atoms with van der Waals surface area (Å²) in [6.45, 7) is 5.01. The summed E-state index contributed by atoms with van der Waals surface area (Å²) in [6, 6.07) is 20.1. The molecule has 1 aliphatic heterocycles. The van der Waals surface area contributed by atoms with Crippen molar-refractivity contribution in [2.45, 2.75) is 13.1 Å². The maximum Gasteiger partial charge on any atom is 0.134 e. The van der Waals surface area contributed by atoms with E-state index in [1.165, 1.54) is 54.4 Å². The van der Waals surface area contributed by atoms with Crippen LogP contribution in [-0.4, -0.2) is 17.2 Å². The summed E-state index contributed by atoms with van der Waals surface area (Å²) >= 11 is 1.79. The zero-order chi connectivity index (χ0) is 20.6. The number of nitrogens with zero attached hydrogens (tertiary/aromatic N) is 2. The van der Waals surface area contributed by atoms with Crippen LogP contribution >= 0.6 is 11.3 Å². The van der Waals surface area contributed by atoms with Gasteiger partial charge in [0.25, 0.3) is 0 Å². The summed E-state index contributed by atoms with van der Waals surface area (Å²) in [6.07, 6.45) is 0. The Labute approximate surface area is 183 Å². The fraction of sp³-hybridized carbons (Fsp3) is 0.0769. The Morgan fingerprint density at radius 3 is 2.52 bits per heavy atom. The van der Waals surface area contributed by atoms with E-state index in [0.29, 0.717) is 0 Å². The molecular formula is C26H19N3SSi. The lowest BCUT2D eigenvalue weighted by atomic mass is 10.0. The van der Waals surface area contributed by atoms with Gasteiger partial charge in [-0.3, -0.25) is 4.68 Å². The number of nitrogens with two attached hydrogens (primary N) is 1. The zero-order valence-corrected chi connectivity index (χ0v) is 19.0. The third-order valence-electron chi connectivity index (χ3n) is 7.56. The summed E-state index contributed by atoms with van der Waals surface area (Å²) in [5.41, 5.74) is 7.73. The van der Waals surface area contributed by atoms with Crippen LogP contribution in [0.25, 0.3) is 60.1 Å². The van der Waals surface area contributed by atoms with E-state index in [2.05, 4.69) is 82.9 Å². The van der Waals surface area contributed by atoms with Crippen LogP contribution in [0.1, 0.15) is 0 Å². The molecule has 5 heterocycles. The molecule has 0 radical (unpaired) electrons. The van der Waals surface area contributed by atoms with Crippen molar-refractivity contribution in [3.05, 3.63) is 65.4 Å². The second kappa shape index (κ2) is 4.95. The maximum atomic E-state index is 6.64. The van der Waals surface area contributed by atoms with E-state index in [1.807, 2.05) is 4.68 Å². The van der Waals surface area contributed by atoms with Crippen molar-refractivity contribution in [1.29, 1.82) is 0 Å². The van der Waals surface area contributed by atoms with Gasteiger partial charge in [0, 0.05) is 43.2 Å².